The van der Waals surface area contributed by atoms with E-state index in [2.05, 4.69) is 84.9 Å². The lowest BCUT2D eigenvalue weighted by molar-refractivity contribution is 1.07. The first-order valence-corrected chi connectivity index (χ1v) is 15.7. The first-order chi connectivity index (χ1) is 22.3. The number of aromatic nitrogens is 4. The average Bonchev–Trinajstić information content (AvgIpc) is 3.52. The number of pyridine rings is 1. The lowest BCUT2D eigenvalue weighted by Crippen LogP contribution is -2.00. The van der Waals surface area contributed by atoms with Crippen molar-refractivity contribution in [3.05, 3.63) is 146 Å². The van der Waals surface area contributed by atoms with Crippen molar-refractivity contribution in [2.24, 2.45) is 0 Å². The van der Waals surface area contributed by atoms with E-state index in [-0.39, 0.29) is 0 Å². The van der Waals surface area contributed by atoms with Crippen LogP contribution in [0.15, 0.2) is 146 Å². The van der Waals surface area contributed by atoms with E-state index in [1.807, 2.05) is 72.0 Å². The largest absolute Gasteiger partial charge is 0.246 e. The van der Waals surface area contributed by atoms with Crippen molar-refractivity contribution in [3.8, 4) is 45.4 Å². The number of nitrogens with zero attached hydrogens (tertiary/aromatic N) is 4. The molecule has 0 unspecified atom stereocenters. The maximum absolute atomic E-state index is 5.40. The molecule has 3 heterocycles. The summed E-state index contributed by atoms with van der Waals surface area (Å²) in [5.41, 5.74) is 5.91. The van der Waals surface area contributed by atoms with Crippen LogP contribution in [0.4, 0.5) is 0 Å². The van der Waals surface area contributed by atoms with Gasteiger partial charge in [0.25, 0.3) is 0 Å². The molecule has 0 aliphatic heterocycles. The van der Waals surface area contributed by atoms with Crippen molar-refractivity contribution < 1.29 is 0 Å². The quantitative estimate of drug-likeness (QED) is 0.191. The second-order valence-corrected chi connectivity index (χ2v) is 12.1. The summed E-state index contributed by atoms with van der Waals surface area (Å²) in [6, 6.07) is 50.2. The second kappa shape index (κ2) is 10.4. The van der Waals surface area contributed by atoms with Crippen LogP contribution in [0.2, 0.25) is 0 Å². The maximum atomic E-state index is 5.40. The molecule has 210 valence electrons. The van der Waals surface area contributed by atoms with Crippen LogP contribution in [-0.4, -0.2) is 19.9 Å². The summed E-state index contributed by atoms with van der Waals surface area (Å²) in [6.45, 7) is 0. The Hall–Kier alpha value is -5.78. The topological polar surface area (TPSA) is 51.6 Å². The van der Waals surface area contributed by atoms with Gasteiger partial charge >= 0.3 is 0 Å². The van der Waals surface area contributed by atoms with Gasteiger partial charge in [0.1, 0.15) is 0 Å². The zero-order chi connectivity index (χ0) is 29.7. The summed E-state index contributed by atoms with van der Waals surface area (Å²) < 4.78 is 2.53. The van der Waals surface area contributed by atoms with E-state index in [4.69, 9.17) is 19.9 Å². The van der Waals surface area contributed by atoms with Crippen LogP contribution < -0.4 is 0 Å². The van der Waals surface area contributed by atoms with Crippen LogP contribution in [0.5, 0.6) is 0 Å². The highest BCUT2D eigenvalue weighted by atomic mass is 32.1. The Balaban J connectivity index is 1.24. The summed E-state index contributed by atoms with van der Waals surface area (Å²) in [6.07, 6.45) is 0. The van der Waals surface area contributed by atoms with Crippen LogP contribution in [-0.2, 0) is 0 Å². The van der Waals surface area contributed by atoms with E-state index in [0.717, 1.165) is 33.5 Å². The molecule has 0 amide bonds. The molecule has 0 saturated carbocycles. The second-order valence-electron chi connectivity index (χ2n) is 11.1. The Kier molecular flexibility index (Phi) is 5.96. The van der Waals surface area contributed by atoms with E-state index >= 15 is 0 Å². The highest BCUT2D eigenvalue weighted by molar-refractivity contribution is 7.26. The fraction of sp³-hybridized carbons (Fsp3) is 0. The van der Waals surface area contributed by atoms with E-state index in [1.54, 1.807) is 0 Å². The molecule has 0 atom stereocenters. The molecule has 0 fully saturated rings. The number of hydrogen-bond acceptors (Lipinski definition) is 5. The van der Waals surface area contributed by atoms with Gasteiger partial charge in [-0.2, -0.15) is 0 Å². The van der Waals surface area contributed by atoms with Gasteiger partial charge in [0.2, 0.25) is 0 Å². The molecule has 3 aromatic heterocycles. The number of hydrogen-bond donors (Lipinski definition) is 0. The Morgan fingerprint density at radius 3 is 1.58 bits per heavy atom. The normalized spacial score (nSPS) is 11.6. The van der Waals surface area contributed by atoms with Crippen molar-refractivity contribution in [3.63, 3.8) is 0 Å². The van der Waals surface area contributed by atoms with Gasteiger partial charge in [-0.1, -0.05) is 140 Å². The van der Waals surface area contributed by atoms with Gasteiger partial charge in [-0.05, 0) is 11.5 Å². The number of thiophene rings is 1. The molecule has 0 N–H and O–H groups in total. The van der Waals surface area contributed by atoms with Gasteiger partial charge in [0, 0.05) is 53.2 Å². The first kappa shape index (κ1) is 25.7. The molecule has 0 aliphatic rings. The molecule has 9 aromatic rings. The van der Waals surface area contributed by atoms with Gasteiger partial charge < -0.3 is 0 Å². The van der Waals surface area contributed by atoms with Crippen LogP contribution >= 0.6 is 11.3 Å². The molecule has 6 aromatic carbocycles. The predicted octanol–water partition coefficient (Wildman–Crippen LogP) is 10.6. The molecule has 0 saturated heterocycles. The van der Waals surface area contributed by atoms with E-state index in [1.165, 1.54) is 36.3 Å². The van der Waals surface area contributed by atoms with Crippen molar-refractivity contribution >= 4 is 53.2 Å². The van der Waals surface area contributed by atoms with Crippen LogP contribution in [0.3, 0.4) is 0 Å². The minimum absolute atomic E-state index is 0.637. The van der Waals surface area contributed by atoms with Crippen LogP contribution in [0.25, 0.3) is 87.3 Å². The Morgan fingerprint density at radius 2 is 0.911 bits per heavy atom. The Bertz CT molecular complexity index is 2460. The molecular formula is C40H24N4S. The van der Waals surface area contributed by atoms with Crippen LogP contribution in [0.1, 0.15) is 0 Å². The number of benzene rings is 6. The van der Waals surface area contributed by atoms with E-state index in [0.29, 0.717) is 17.5 Å². The van der Waals surface area contributed by atoms with Gasteiger partial charge in [-0.25, -0.2) is 19.9 Å². The maximum Gasteiger partial charge on any atom is 0.164 e. The van der Waals surface area contributed by atoms with Crippen molar-refractivity contribution in [1.82, 2.24) is 19.9 Å². The van der Waals surface area contributed by atoms with Gasteiger partial charge in [0.15, 0.2) is 17.5 Å². The minimum atomic E-state index is 0.637. The molecule has 9 rings (SSSR count). The lowest BCUT2D eigenvalue weighted by Gasteiger charge is -2.11. The molecule has 4 nitrogen and oxygen atoms in total. The van der Waals surface area contributed by atoms with E-state index in [9.17, 15) is 0 Å². The fourth-order valence-electron chi connectivity index (χ4n) is 6.12. The van der Waals surface area contributed by atoms with E-state index < -0.39 is 0 Å². The summed E-state index contributed by atoms with van der Waals surface area (Å²) >= 11 is 1.84. The average molecular weight is 593 g/mol. The third-order valence-electron chi connectivity index (χ3n) is 8.32. The molecule has 45 heavy (non-hydrogen) atoms. The molecule has 0 bridgehead atoms. The monoisotopic (exact) mass is 592 g/mol. The van der Waals surface area contributed by atoms with Crippen molar-refractivity contribution in [2.45, 2.75) is 0 Å². The van der Waals surface area contributed by atoms with Crippen molar-refractivity contribution in [1.29, 1.82) is 0 Å². The SMILES string of the molecule is c1ccc(-c2nc(-c3ccccc3)nc(-c3ccc(-c4nc5c6ccccc6ccc5c5sc6ccccc6c45)cc3)n2)cc1. The predicted molar refractivity (Wildman–Crippen MR) is 187 cm³/mol. The molecule has 5 heteroatoms. The molecular weight excluding hydrogens is 569 g/mol. The minimum Gasteiger partial charge on any atom is -0.246 e. The number of fused-ring (bicyclic) bond motifs is 7. The molecule has 0 aliphatic carbocycles. The zero-order valence-electron chi connectivity index (χ0n) is 24.1. The standard InChI is InChI=1S/C40H24N4S/c1-3-12-27(13-4-1)38-42-39(28-14-5-2-6-15-28)44-40(43-38)29-21-19-26(20-22-29)35-34-31-17-9-10-18-33(31)45-37(34)32-24-23-25-11-7-8-16-30(25)36(32)41-35/h1-24H. The number of rotatable bonds is 4. The van der Waals surface area contributed by atoms with Crippen LogP contribution in [0, 0.1) is 0 Å². The Labute approximate surface area is 263 Å². The highest BCUT2D eigenvalue weighted by Gasteiger charge is 2.18. The highest BCUT2D eigenvalue weighted by Crippen LogP contribution is 2.44. The Morgan fingerprint density at radius 1 is 0.378 bits per heavy atom. The summed E-state index contributed by atoms with van der Waals surface area (Å²) in [4.78, 5) is 20.1. The fourth-order valence-corrected chi connectivity index (χ4v) is 7.35. The third-order valence-corrected chi connectivity index (χ3v) is 9.52. The first-order valence-electron chi connectivity index (χ1n) is 14.9. The van der Waals surface area contributed by atoms with Gasteiger partial charge in [0.05, 0.1) is 11.2 Å². The van der Waals surface area contributed by atoms with Gasteiger partial charge in [-0.3, -0.25) is 0 Å². The smallest absolute Gasteiger partial charge is 0.164 e. The third kappa shape index (κ3) is 4.36. The molecule has 0 spiro atoms. The lowest BCUT2D eigenvalue weighted by atomic mass is 9.99. The van der Waals surface area contributed by atoms with Gasteiger partial charge in [-0.15, -0.1) is 11.3 Å². The zero-order valence-corrected chi connectivity index (χ0v) is 24.9. The molecule has 0 radical (unpaired) electrons. The summed E-state index contributed by atoms with van der Waals surface area (Å²) in [5, 5.41) is 5.98. The van der Waals surface area contributed by atoms with Crippen molar-refractivity contribution in [2.75, 3.05) is 0 Å². The summed E-state index contributed by atoms with van der Waals surface area (Å²) in [7, 11) is 0. The summed E-state index contributed by atoms with van der Waals surface area (Å²) in [5.74, 6) is 1.94.